The molecule has 1 aliphatic rings. The van der Waals surface area contributed by atoms with E-state index in [4.69, 9.17) is 9.84 Å². The van der Waals surface area contributed by atoms with Crippen molar-refractivity contribution in [2.45, 2.75) is 0 Å². The number of ether oxygens (including phenoxy) is 1. The number of methoxy groups -OCH3 is 1. The molecular weight excluding hydrogens is 362 g/mol. The normalized spacial score (nSPS) is 13.4. The number of nitrogens with one attached hydrogen (secondary N) is 2. The summed E-state index contributed by atoms with van der Waals surface area (Å²) in [5.74, 6) is -0.725. The number of nitrogens with zero attached hydrogens (tertiary/aromatic N) is 1. The third-order valence-electron chi connectivity index (χ3n) is 4.06. The van der Waals surface area contributed by atoms with Crippen LogP contribution in [0.15, 0.2) is 60.3 Å². The van der Waals surface area contributed by atoms with Crippen LogP contribution in [-0.4, -0.2) is 48.0 Å². The second kappa shape index (κ2) is 8.36. The lowest BCUT2D eigenvalue weighted by molar-refractivity contribution is -0.137. The van der Waals surface area contributed by atoms with Crippen LogP contribution in [0, 0.1) is 0 Å². The van der Waals surface area contributed by atoms with Crippen molar-refractivity contribution in [3.05, 3.63) is 65.9 Å². The van der Waals surface area contributed by atoms with Gasteiger partial charge in [-0.1, -0.05) is 12.1 Å². The van der Waals surface area contributed by atoms with E-state index in [1.54, 1.807) is 55.6 Å². The Morgan fingerprint density at radius 2 is 1.86 bits per heavy atom. The highest BCUT2D eigenvalue weighted by atomic mass is 16.5. The van der Waals surface area contributed by atoms with Crippen molar-refractivity contribution in [1.29, 1.82) is 0 Å². The first-order chi connectivity index (χ1) is 13.5. The number of aliphatic hydroxyl groups is 1. The highest BCUT2D eigenvalue weighted by Crippen LogP contribution is 2.20. The predicted octanol–water partition coefficient (Wildman–Crippen LogP) is 1.60. The van der Waals surface area contributed by atoms with Gasteiger partial charge < -0.3 is 20.5 Å². The van der Waals surface area contributed by atoms with Crippen LogP contribution in [0.2, 0.25) is 0 Å². The number of amides is 3. The number of β-amino-alcohol motifs (C(OH)–C–C–N with tert-alkyl or cyclic N) is 1. The van der Waals surface area contributed by atoms with E-state index in [1.807, 2.05) is 0 Å². The van der Waals surface area contributed by atoms with Crippen LogP contribution < -0.4 is 15.4 Å². The monoisotopic (exact) mass is 381 g/mol. The molecule has 8 heteroatoms. The fourth-order valence-electron chi connectivity index (χ4n) is 2.71. The van der Waals surface area contributed by atoms with E-state index < -0.39 is 11.8 Å². The van der Waals surface area contributed by atoms with Gasteiger partial charge in [0, 0.05) is 29.1 Å². The van der Waals surface area contributed by atoms with Gasteiger partial charge in [0.05, 0.1) is 20.3 Å². The average molecular weight is 381 g/mol. The van der Waals surface area contributed by atoms with Crippen LogP contribution in [0.4, 0.5) is 11.4 Å². The molecule has 1 heterocycles. The van der Waals surface area contributed by atoms with Gasteiger partial charge >= 0.3 is 0 Å². The van der Waals surface area contributed by atoms with E-state index in [0.717, 1.165) is 4.90 Å². The second-order valence-corrected chi connectivity index (χ2v) is 5.97. The number of benzene rings is 2. The molecule has 0 aromatic heterocycles. The quantitative estimate of drug-likeness (QED) is 0.629. The van der Waals surface area contributed by atoms with Crippen molar-refractivity contribution >= 4 is 29.1 Å². The molecule has 0 unspecified atom stereocenters. The van der Waals surface area contributed by atoms with Crippen LogP contribution >= 0.6 is 0 Å². The smallest absolute Gasteiger partial charge is 0.277 e. The Labute approximate surface area is 161 Å². The van der Waals surface area contributed by atoms with Gasteiger partial charge in [0.2, 0.25) is 0 Å². The first kappa shape index (κ1) is 19.1. The zero-order valence-electron chi connectivity index (χ0n) is 15.1. The highest BCUT2D eigenvalue weighted by Gasteiger charge is 2.30. The molecule has 0 atom stereocenters. The Bertz CT molecular complexity index is 954. The van der Waals surface area contributed by atoms with Gasteiger partial charge in [0.1, 0.15) is 11.4 Å². The molecule has 8 nitrogen and oxygen atoms in total. The van der Waals surface area contributed by atoms with Crippen LogP contribution in [0.5, 0.6) is 5.75 Å². The minimum absolute atomic E-state index is 0.0671. The molecule has 3 rings (SSSR count). The van der Waals surface area contributed by atoms with Gasteiger partial charge in [-0.2, -0.15) is 0 Å². The summed E-state index contributed by atoms with van der Waals surface area (Å²) in [5.41, 5.74) is 1.53. The molecule has 144 valence electrons. The summed E-state index contributed by atoms with van der Waals surface area (Å²) in [6, 6.07) is 13.5. The molecule has 3 N–H and O–H groups in total. The van der Waals surface area contributed by atoms with Gasteiger partial charge in [0.25, 0.3) is 17.7 Å². The Morgan fingerprint density at radius 1 is 1.11 bits per heavy atom. The number of hydrogen-bond acceptors (Lipinski definition) is 6. The number of rotatable bonds is 7. The van der Waals surface area contributed by atoms with E-state index >= 15 is 0 Å². The van der Waals surface area contributed by atoms with Gasteiger partial charge in [-0.25, -0.2) is 0 Å². The van der Waals surface area contributed by atoms with Crippen molar-refractivity contribution in [3.63, 3.8) is 0 Å². The first-order valence-corrected chi connectivity index (χ1v) is 8.52. The van der Waals surface area contributed by atoms with Crippen molar-refractivity contribution < 1.29 is 24.2 Å². The van der Waals surface area contributed by atoms with Crippen LogP contribution in [0.3, 0.4) is 0 Å². The largest absolute Gasteiger partial charge is 0.497 e. The molecule has 2 aromatic rings. The lowest BCUT2D eigenvalue weighted by atomic mass is 10.1. The summed E-state index contributed by atoms with van der Waals surface area (Å²) in [6.07, 6.45) is 1.17. The molecule has 0 spiro atoms. The van der Waals surface area contributed by atoms with Crippen LogP contribution in [0.1, 0.15) is 10.4 Å². The number of aliphatic hydroxyl groups excluding tert-OH is 1. The number of carbonyl (C=O) groups is 3. The van der Waals surface area contributed by atoms with Crippen LogP contribution in [-0.2, 0) is 9.59 Å². The Hall–Kier alpha value is -3.65. The number of carbonyl (C=O) groups excluding carboxylic acids is 3. The Morgan fingerprint density at radius 3 is 2.61 bits per heavy atom. The molecular formula is C20H19N3O5. The predicted molar refractivity (Wildman–Crippen MR) is 103 cm³/mol. The maximum Gasteiger partial charge on any atom is 0.277 e. The highest BCUT2D eigenvalue weighted by molar-refractivity contribution is 6.17. The van der Waals surface area contributed by atoms with Crippen molar-refractivity contribution in [3.8, 4) is 5.75 Å². The summed E-state index contributed by atoms with van der Waals surface area (Å²) in [7, 11) is 1.54. The van der Waals surface area contributed by atoms with E-state index in [9.17, 15) is 14.4 Å². The molecule has 0 saturated carbocycles. The van der Waals surface area contributed by atoms with Crippen molar-refractivity contribution in [1.82, 2.24) is 4.90 Å². The summed E-state index contributed by atoms with van der Waals surface area (Å²) in [6.45, 7) is -0.374. The molecule has 2 aromatic carbocycles. The molecule has 0 fully saturated rings. The summed E-state index contributed by atoms with van der Waals surface area (Å²) >= 11 is 0. The summed E-state index contributed by atoms with van der Waals surface area (Å²) < 4.78 is 5.13. The SMILES string of the molecule is COc1cccc(NC(=O)c2cccc(NC3=CC(=O)N(CCO)C3=O)c2)c1. The Balaban J connectivity index is 1.72. The summed E-state index contributed by atoms with van der Waals surface area (Å²) in [4.78, 5) is 37.5. The van der Waals surface area contributed by atoms with Gasteiger partial charge in [-0.05, 0) is 30.3 Å². The average Bonchev–Trinajstić information content (AvgIpc) is 2.96. The van der Waals surface area contributed by atoms with Gasteiger partial charge in [-0.15, -0.1) is 0 Å². The molecule has 0 aliphatic carbocycles. The number of imide groups is 1. The minimum atomic E-state index is -0.523. The van der Waals surface area contributed by atoms with E-state index in [-0.39, 0.29) is 24.8 Å². The fraction of sp³-hybridized carbons (Fsp3) is 0.150. The third-order valence-corrected chi connectivity index (χ3v) is 4.06. The second-order valence-electron chi connectivity index (χ2n) is 5.97. The zero-order chi connectivity index (χ0) is 20.1. The number of anilines is 2. The maximum atomic E-state index is 12.5. The number of hydrogen-bond donors (Lipinski definition) is 3. The van der Waals surface area contributed by atoms with Gasteiger partial charge in [0.15, 0.2) is 0 Å². The third kappa shape index (κ3) is 4.18. The summed E-state index contributed by atoms with van der Waals surface area (Å²) in [5, 5.41) is 14.6. The molecule has 3 amide bonds. The van der Waals surface area contributed by atoms with Crippen molar-refractivity contribution in [2.24, 2.45) is 0 Å². The van der Waals surface area contributed by atoms with E-state index in [1.165, 1.54) is 6.08 Å². The maximum absolute atomic E-state index is 12.5. The molecule has 1 aliphatic heterocycles. The molecule has 0 saturated heterocycles. The minimum Gasteiger partial charge on any atom is -0.497 e. The lowest BCUT2D eigenvalue weighted by Gasteiger charge is -2.13. The lowest BCUT2D eigenvalue weighted by Crippen LogP contribution is -2.34. The zero-order valence-corrected chi connectivity index (χ0v) is 15.1. The van der Waals surface area contributed by atoms with Crippen molar-refractivity contribution in [2.75, 3.05) is 30.9 Å². The molecule has 0 radical (unpaired) electrons. The standard InChI is InChI=1S/C20H19N3O5/c1-28-16-7-3-6-15(11-16)22-19(26)13-4-2-5-14(10-13)21-17-12-18(25)23(8-9-24)20(17)27/h2-7,10-12,21,24H,8-9H2,1H3,(H,22,26). The van der Waals surface area contributed by atoms with E-state index in [2.05, 4.69) is 10.6 Å². The van der Waals surface area contributed by atoms with Crippen LogP contribution in [0.25, 0.3) is 0 Å². The van der Waals surface area contributed by atoms with Gasteiger partial charge in [-0.3, -0.25) is 19.3 Å². The fourth-order valence-corrected chi connectivity index (χ4v) is 2.71. The Kier molecular flexibility index (Phi) is 5.71. The topological polar surface area (TPSA) is 108 Å². The molecule has 28 heavy (non-hydrogen) atoms. The molecule has 0 bridgehead atoms. The first-order valence-electron chi connectivity index (χ1n) is 8.52. The van der Waals surface area contributed by atoms with E-state index in [0.29, 0.717) is 22.7 Å².